The van der Waals surface area contributed by atoms with Crippen LogP contribution in [-0.4, -0.2) is 63.8 Å². The highest BCUT2D eigenvalue weighted by Gasteiger charge is 2.34. The number of aryl methyl sites for hydroxylation is 1. The molecule has 11 heteroatoms. The number of amides is 1. The summed E-state index contributed by atoms with van der Waals surface area (Å²) in [7, 11) is 1.55. The van der Waals surface area contributed by atoms with Gasteiger partial charge in [-0.15, -0.1) is 0 Å². The zero-order valence-corrected chi connectivity index (χ0v) is 21.0. The monoisotopic (exact) mass is 506 g/mol. The normalized spacial score (nSPS) is 19.6. The molecule has 1 unspecified atom stereocenters. The van der Waals surface area contributed by atoms with Gasteiger partial charge in [0.1, 0.15) is 5.82 Å². The molecule has 1 fully saturated rings. The lowest BCUT2D eigenvalue weighted by Crippen LogP contribution is -2.55. The van der Waals surface area contributed by atoms with E-state index in [9.17, 15) is 10.1 Å². The second-order valence-electron chi connectivity index (χ2n) is 9.05. The lowest BCUT2D eigenvalue weighted by atomic mass is 9.92. The predicted octanol–water partition coefficient (Wildman–Crippen LogP) is 2.83. The Morgan fingerprint density at radius 2 is 2.25 bits per heavy atom. The second kappa shape index (κ2) is 9.76. The number of rotatable bonds is 5. The molecule has 0 radical (unpaired) electrons. The molecule has 36 heavy (non-hydrogen) atoms. The zero-order valence-electron chi connectivity index (χ0n) is 20.2. The Morgan fingerprint density at radius 1 is 1.42 bits per heavy atom. The molecule has 0 saturated carbocycles. The molecule has 2 N–H and O–H groups in total. The number of aromatic nitrogens is 4. The van der Waals surface area contributed by atoms with Gasteiger partial charge in [0.05, 0.1) is 43.0 Å². The molecule has 2 aliphatic heterocycles. The van der Waals surface area contributed by atoms with Gasteiger partial charge in [-0.05, 0) is 30.2 Å². The quantitative estimate of drug-likeness (QED) is 0.506. The smallest absolute Gasteiger partial charge is 0.318 e. The van der Waals surface area contributed by atoms with E-state index >= 15 is 0 Å². The Kier molecular flexibility index (Phi) is 6.51. The van der Waals surface area contributed by atoms with Crippen LogP contribution in [-0.2, 0) is 17.8 Å². The fraction of sp³-hybridized carbons (Fsp3) is 0.400. The third-order valence-corrected chi connectivity index (χ3v) is 7.48. The average molecular weight is 507 g/mol. The highest BCUT2D eigenvalue weighted by atomic mass is 35.5. The number of aromatic amines is 1. The Labute approximate surface area is 213 Å². The van der Waals surface area contributed by atoms with Gasteiger partial charge in [-0.2, -0.15) is 20.3 Å². The average Bonchev–Trinajstić information content (AvgIpc) is 3.35. The first-order chi connectivity index (χ1) is 17.4. The molecular weight excluding hydrogens is 480 g/mol. The summed E-state index contributed by atoms with van der Waals surface area (Å²) in [5.41, 5.74) is 4.79. The van der Waals surface area contributed by atoms with Crippen LogP contribution in [0.4, 0.5) is 5.82 Å². The third-order valence-electron chi connectivity index (χ3n) is 6.97. The van der Waals surface area contributed by atoms with Crippen molar-refractivity contribution in [2.24, 2.45) is 0 Å². The molecule has 0 spiro atoms. The van der Waals surface area contributed by atoms with Crippen molar-refractivity contribution in [3.63, 3.8) is 0 Å². The highest BCUT2D eigenvalue weighted by molar-refractivity contribution is 6.33. The van der Waals surface area contributed by atoms with Crippen molar-refractivity contribution >= 4 is 34.2 Å². The molecule has 2 aromatic heterocycles. The number of methoxy groups -OCH3 is 1. The van der Waals surface area contributed by atoms with Gasteiger partial charge in [0.25, 0.3) is 0 Å². The second-order valence-corrected chi connectivity index (χ2v) is 9.42. The SMILES string of the molecule is C=CC(=O)N1CCN(c2nc(OC)nc3c2CNC(c2c(Cl)c(C)cc4[nH]ncc24)C3)C[C@@H]1CC#N. The Bertz CT molecular complexity index is 1380. The van der Waals surface area contributed by atoms with Gasteiger partial charge in [0.15, 0.2) is 0 Å². The number of nitrogens with zero attached hydrogens (tertiary/aromatic N) is 6. The van der Waals surface area contributed by atoms with E-state index in [-0.39, 0.29) is 30.4 Å². The number of H-pyrrole nitrogens is 1. The van der Waals surface area contributed by atoms with Crippen molar-refractivity contribution in [2.45, 2.75) is 38.4 Å². The number of nitrogens with one attached hydrogen (secondary N) is 2. The standard InChI is InChI=1S/C25H27ClN8O2/c1-4-21(35)34-8-7-33(13-15(34)5-6-27)24-17-11-28-20(10-18(17)30-25(31-24)36-3)22-16-12-29-32-19(16)9-14(2)23(22)26/h4,9,12,15,20,28H,1,5,7-8,10-11,13H2,2-3H3,(H,29,32)/t15-,20?/m0/s1. The molecule has 10 nitrogen and oxygen atoms in total. The zero-order chi connectivity index (χ0) is 25.4. The topological polar surface area (TPSA) is 123 Å². The third kappa shape index (κ3) is 4.14. The van der Waals surface area contributed by atoms with Gasteiger partial charge < -0.3 is 19.9 Å². The number of piperazine rings is 1. The Morgan fingerprint density at radius 3 is 3.00 bits per heavy atom. The summed E-state index contributed by atoms with van der Waals surface area (Å²) in [6.07, 6.45) is 3.93. The van der Waals surface area contributed by atoms with E-state index in [0.717, 1.165) is 39.1 Å². The van der Waals surface area contributed by atoms with Gasteiger partial charge in [-0.25, -0.2) is 0 Å². The first-order valence-corrected chi connectivity index (χ1v) is 12.2. The molecule has 5 rings (SSSR count). The molecule has 3 aromatic rings. The number of fused-ring (bicyclic) bond motifs is 2. The van der Waals surface area contributed by atoms with E-state index < -0.39 is 0 Å². The first-order valence-electron chi connectivity index (χ1n) is 11.8. The summed E-state index contributed by atoms with van der Waals surface area (Å²) in [6, 6.07) is 4.18. The van der Waals surface area contributed by atoms with Crippen LogP contribution in [0.15, 0.2) is 24.9 Å². The van der Waals surface area contributed by atoms with Crippen LogP contribution in [0, 0.1) is 18.3 Å². The maximum Gasteiger partial charge on any atom is 0.318 e. The van der Waals surface area contributed by atoms with Gasteiger partial charge in [0, 0.05) is 54.6 Å². The van der Waals surface area contributed by atoms with Crippen molar-refractivity contribution in [3.8, 4) is 12.1 Å². The Balaban J connectivity index is 1.50. The molecule has 2 aliphatic rings. The van der Waals surface area contributed by atoms with Crippen LogP contribution in [0.25, 0.3) is 10.9 Å². The highest BCUT2D eigenvalue weighted by Crippen LogP contribution is 2.38. The van der Waals surface area contributed by atoms with Crippen molar-refractivity contribution in [1.29, 1.82) is 5.26 Å². The molecule has 0 aliphatic carbocycles. The molecule has 2 atom stereocenters. The van der Waals surface area contributed by atoms with E-state index in [4.69, 9.17) is 21.3 Å². The summed E-state index contributed by atoms with van der Waals surface area (Å²) in [4.78, 5) is 25.5. The van der Waals surface area contributed by atoms with Gasteiger partial charge >= 0.3 is 6.01 Å². The van der Waals surface area contributed by atoms with Crippen molar-refractivity contribution in [1.82, 2.24) is 30.4 Å². The molecule has 186 valence electrons. The fourth-order valence-corrected chi connectivity index (χ4v) is 5.49. The minimum Gasteiger partial charge on any atom is -0.467 e. The lowest BCUT2D eigenvalue weighted by molar-refractivity contribution is -0.128. The molecule has 4 heterocycles. The van der Waals surface area contributed by atoms with E-state index in [2.05, 4.69) is 38.0 Å². The maximum absolute atomic E-state index is 12.3. The van der Waals surface area contributed by atoms with Crippen LogP contribution in [0.2, 0.25) is 5.02 Å². The predicted molar refractivity (Wildman–Crippen MR) is 136 cm³/mol. The first kappa shape index (κ1) is 24.0. The summed E-state index contributed by atoms with van der Waals surface area (Å²) >= 11 is 6.79. The Hall–Kier alpha value is -3.68. The summed E-state index contributed by atoms with van der Waals surface area (Å²) in [5.74, 6) is 0.600. The van der Waals surface area contributed by atoms with Crippen LogP contribution < -0.4 is 15.0 Å². The van der Waals surface area contributed by atoms with Gasteiger partial charge in [0.2, 0.25) is 5.91 Å². The van der Waals surface area contributed by atoms with Crippen LogP contribution in [0.1, 0.15) is 34.8 Å². The molecule has 1 amide bonds. The van der Waals surface area contributed by atoms with E-state index in [1.165, 1.54) is 6.08 Å². The number of halogens is 1. The minimum atomic E-state index is -0.254. The van der Waals surface area contributed by atoms with Crippen molar-refractivity contribution in [3.05, 3.63) is 52.3 Å². The summed E-state index contributed by atoms with van der Waals surface area (Å²) in [6.45, 7) is 7.67. The number of carbonyl (C=O) groups excluding carboxylic acids is 1. The number of hydrogen-bond acceptors (Lipinski definition) is 8. The number of anilines is 1. The van der Waals surface area contributed by atoms with E-state index in [1.807, 2.05) is 13.0 Å². The molecule has 0 bridgehead atoms. The maximum atomic E-state index is 12.3. The fourth-order valence-electron chi connectivity index (χ4n) is 5.20. The number of benzene rings is 1. The van der Waals surface area contributed by atoms with Crippen LogP contribution in [0.3, 0.4) is 0 Å². The number of nitriles is 1. The molecule has 1 saturated heterocycles. The van der Waals surface area contributed by atoms with E-state index in [1.54, 1.807) is 18.2 Å². The van der Waals surface area contributed by atoms with Crippen LogP contribution >= 0.6 is 11.6 Å². The van der Waals surface area contributed by atoms with Gasteiger partial charge in [-0.3, -0.25) is 9.89 Å². The van der Waals surface area contributed by atoms with Crippen molar-refractivity contribution < 1.29 is 9.53 Å². The number of ether oxygens (including phenoxy) is 1. The minimum absolute atomic E-state index is 0.0640. The van der Waals surface area contributed by atoms with Gasteiger partial charge in [-0.1, -0.05) is 18.2 Å². The summed E-state index contributed by atoms with van der Waals surface area (Å²) < 4.78 is 5.46. The number of hydrogen-bond donors (Lipinski definition) is 2. The molecule has 1 aromatic carbocycles. The molecular formula is C25H27ClN8O2. The number of carbonyl (C=O) groups is 1. The largest absolute Gasteiger partial charge is 0.467 e. The van der Waals surface area contributed by atoms with Crippen molar-refractivity contribution in [2.75, 3.05) is 31.6 Å². The summed E-state index contributed by atoms with van der Waals surface area (Å²) in [5, 5.41) is 21.9. The van der Waals surface area contributed by atoms with E-state index in [0.29, 0.717) is 37.6 Å². The lowest BCUT2D eigenvalue weighted by Gasteiger charge is -2.42. The van der Waals surface area contributed by atoms with Crippen LogP contribution in [0.5, 0.6) is 6.01 Å².